The number of aryl methyl sites for hydroxylation is 1. The standard InChI is InChI=1S/C29H29FN4O3/c1-4-7-22-28-27(19-10-12-21(13-11-19)37-24-9-6-8-23(36-3)26(24)30)32-29(34(28)17-15-31-22)20-14-16-33(18-20)25(35)5-2/h5-6,8-13,15,17,20H,2,4,7,14,16,18H2,1,3H3. The fourth-order valence-electron chi connectivity index (χ4n) is 4.87. The third-order valence-electron chi connectivity index (χ3n) is 6.69. The number of hydrogen-bond acceptors (Lipinski definition) is 5. The number of imidazole rings is 1. The predicted octanol–water partition coefficient (Wildman–Crippen LogP) is 5.79. The molecule has 1 fully saturated rings. The van der Waals surface area contributed by atoms with Crippen LogP contribution in [0.1, 0.15) is 37.2 Å². The van der Waals surface area contributed by atoms with Crippen molar-refractivity contribution in [1.82, 2.24) is 19.3 Å². The normalized spacial score (nSPS) is 15.2. The average molecular weight is 501 g/mol. The number of rotatable bonds is 8. The lowest BCUT2D eigenvalue weighted by molar-refractivity contribution is -0.125. The van der Waals surface area contributed by atoms with Crippen molar-refractivity contribution in [2.45, 2.75) is 32.1 Å². The number of methoxy groups -OCH3 is 1. The van der Waals surface area contributed by atoms with Crippen molar-refractivity contribution in [2.75, 3.05) is 20.2 Å². The molecule has 7 nitrogen and oxygen atoms in total. The Morgan fingerprint density at radius 1 is 1.22 bits per heavy atom. The van der Waals surface area contributed by atoms with Crippen molar-refractivity contribution >= 4 is 11.4 Å². The van der Waals surface area contributed by atoms with Crippen molar-refractivity contribution < 1.29 is 18.7 Å². The molecule has 1 aliphatic rings. The van der Waals surface area contributed by atoms with Crippen LogP contribution in [0.3, 0.4) is 0 Å². The first-order valence-corrected chi connectivity index (χ1v) is 12.4. The summed E-state index contributed by atoms with van der Waals surface area (Å²) in [6, 6.07) is 12.2. The molecule has 0 spiro atoms. The number of carbonyl (C=O) groups is 1. The lowest BCUT2D eigenvalue weighted by Crippen LogP contribution is -2.26. The van der Waals surface area contributed by atoms with E-state index in [4.69, 9.17) is 14.5 Å². The Morgan fingerprint density at radius 2 is 2.00 bits per heavy atom. The predicted molar refractivity (Wildman–Crippen MR) is 140 cm³/mol. The summed E-state index contributed by atoms with van der Waals surface area (Å²) in [5.41, 5.74) is 3.69. The molecule has 5 rings (SSSR count). The number of ether oxygens (including phenoxy) is 2. The Hall–Kier alpha value is -4.20. The van der Waals surface area contributed by atoms with Gasteiger partial charge in [-0.05, 0) is 55.3 Å². The van der Waals surface area contributed by atoms with Crippen LogP contribution in [0.15, 0.2) is 67.5 Å². The Balaban J connectivity index is 1.51. The van der Waals surface area contributed by atoms with Crippen LogP contribution in [-0.2, 0) is 11.2 Å². The molecule has 1 aliphatic heterocycles. The summed E-state index contributed by atoms with van der Waals surface area (Å²) >= 11 is 0. The zero-order valence-electron chi connectivity index (χ0n) is 21.0. The van der Waals surface area contributed by atoms with Gasteiger partial charge in [-0.3, -0.25) is 14.2 Å². The van der Waals surface area contributed by atoms with Gasteiger partial charge in [0.25, 0.3) is 0 Å². The van der Waals surface area contributed by atoms with Crippen LogP contribution in [0.25, 0.3) is 16.8 Å². The number of hydrogen-bond donors (Lipinski definition) is 0. The molecule has 190 valence electrons. The van der Waals surface area contributed by atoms with Crippen LogP contribution in [0.5, 0.6) is 17.2 Å². The molecule has 37 heavy (non-hydrogen) atoms. The SMILES string of the molecule is C=CC(=O)N1CCC(c2nc(-c3ccc(Oc4cccc(OC)c4F)cc3)c3c(CCC)nccn23)C1. The van der Waals surface area contributed by atoms with Crippen molar-refractivity contribution in [1.29, 1.82) is 0 Å². The maximum atomic E-state index is 14.5. The lowest BCUT2D eigenvalue weighted by Gasteiger charge is -2.13. The van der Waals surface area contributed by atoms with Gasteiger partial charge < -0.3 is 14.4 Å². The molecule has 2 aromatic heterocycles. The van der Waals surface area contributed by atoms with Crippen LogP contribution < -0.4 is 9.47 Å². The Morgan fingerprint density at radius 3 is 2.73 bits per heavy atom. The summed E-state index contributed by atoms with van der Waals surface area (Å²) in [7, 11) is 1.42. The van der Waals surface area contributed by atoms with E-state index in [1.54, 1.807) is 30.3 Å². The first kappa shape index (κ1) is 24.5. The molecule has 2 aromatic carbocycles. The smallest absolute Gasteiger partial charge is 0.245 e. The highest BCUT2D eigenvalue weighted by atomic mass is 19.1. The van der Waals surface area contributed by atoms with Crippen molar-refractivity contribution in [3.8, 4) is 28.5 Å². The molecule has 0 bridgehead atoms. The van der Waals surface area contributed by atoms with E-state index >= 15 is 0 Å². The molecule has 8 heteroatoms. The maximum absolute atomic E-state index is 14.5. The van der Waals surface area contributed by atoms with E-state index in [9.17, 15) is 9.18 Å². The van der Waals surface area contributed by atoms with Crippen molar-refractivity contribution in [3.63, 3.8) is 0 Å². The molecule has 0 aliphatic carbocycles. The number of likely N-dealkylation sites (tertiary alicyclic amines) is 1. The summed E-state index contributed by atoms with van der Waals surface area (Å²) in [6.07, 6.45) is 7.74. The topological polar surface area (TPSA) is 69.0 Å². The molecule has 0 saturated carbocycles. The zero-order valence-corrected chi connectivity index (χ0v) is 21.0. The second kappa shape index (κ2) is 10.4. The second-order valence-electron chi connectivity index (χ2n) is 9.03. The third kappa shape index (κ3) is 4.67. The number of benzene rings is 2. The number of nitrogens with zero attached hydrogens (tertiary/aromatic N) is 4. The lowest BCUT2D eigenvalue weighted by atomic mass is 10.1. The molecule has 1 atom stereocenters. The van der Waals surface area contributed by atoms with Gasteiger partial charge in [-0.15, -0.1) is 0 Å². The van der Waals surface area contributed by atoms with Crippen LogP contribution in [0, 0.1) is 5.82 Å². The van der Waals surface area contributed by atoms with Gasteiger partial charge in [0.05, 0.1) is 24.0 Å². The fourth-order valence-corrected chi connectivity index (χ4v) is 4.87. The first-order chi connectivity index (χ1) is 18.0. The van der Waals surface area contributed by atoms with E-state index in [0.717, 1.165) is 47.6 Å². The molecular weight excluding hydrogens is 471 g/mol. The molecule has 4 aromatic rings. The van der Waals surface area contributed by atoms with Gasteiger partial charge in [0, 0.05) is 37.0 Å². The Labute approximate surface area is 215 Å². The Kier molecular flexibility index (Phi) is 6.90. The van der Waals surface area contributed by atoms with Gasteiger partial charge in [-0.25, -0.2) is 4.98 Å². The summed E-state index contributed by atoms with van der Waals surface area (Å²) in [4.78, 5) is 23.7. The molecule has 0 N–H and O–H groups in total. The van der Waals surface area contributed by atoms with Gasteiger partial charge >= 0.3 is 0 Å². The first-order valence-electron chi connectivity index (χ1n) is 12.4. The van der Waals surface area contributed by atoms with Crippen molar-refractivity contribution in [3.05, 3.63) is 84.8 Å². The molecule has 3 heterocycles. The van der Waals surface area contributed by atoms with E-state index in [0.29, 0.717) is 18.8 Å². The number of carbonyl (C=O) groups excluding carboxylic acids is 1. The molecule has 1 unspecified atom stereocenters. The van der Waals surface area contributed by atoms with Gasteiger partial charge in [0.1, 0.15) is 11.6 Å². The highest BCUT2D eigenvalue weighted by Crippen LogP contribution is 2.35. The van der Waals surface area contributed by atoms with Crippen molar-refractivity contribution in [2.24, 2.45) is 0 Å². The fraction of sp³-hybridized carbons (Fsp3) is 0.276. The minimum atomic E-state index is -0.547. The van der Waals surface area contributed by atoms with Crippen LogP contribution in [-0.4, -0.2) is 45.4 Å². The van der Waals surface area contributed by atoms with E-state index in [-0.39, 0.29) is 23.3 Å². The second-order valence-corrected chi connectivity index (χ2v) is 9.03. The minimum absolute atomic E-state index is 0.0556. The largest absolute Gasteiger partial charge is 0.494 e. The summed E-state index contributed by atoms with van der Waals surface area (Å²) in [6.45, 7) is 7.03. The van der Waals surface area contributed by atoms with Gasteiger partial charge in [-0.2, -0.15) is 4.39 Å². The highest BCUT2D eigenvalue weighted by molar-refractivity contribution is 5.87. The maximum Gasteiger partial charge on any atom is 0.245 e. The van der Waals surface area contributed by atoms with E-state index in [1.165, 1.54) is 13.2 Å². The van der Waals surface area contributed by atoms with E-state index in [2.05, 4.69) is 22.9 Å². The number of amides is 1. The molecule has 0 radical (unpaired) electrons. The minimum Gasteiger partial charge on any atom is -0.494 e. The third-order valence-corrected chi connectivity index (χ3v) is 6.69. The quantitative estimate of drug-likeness (QED) is 0.287. The summed E-state index contributed by atoms with van der Waals surface area (Å²) < 4.78 is 27.5. The van der Waals surface area contributed by atoms with Crippen LogP contribution in [0.2, 0.25) is 0 Å². The van der Waals surface area contributed by atoms with Gasteiger partial charge in [-0.1, -0.05) is 26.0 Å². The molecule has 1 saturated heterocycles. The van der Waals surface area contributed by atoms with E-state index < -0.39 is 5.82 Å². The number of halogens is 1. The molecular formula is C29H29FN4O3. The summed E-state index contributed by atoms with van der Waals surface area (Å²) in [5, 5.41) is 0. The monoisotopic (exact) mass is 500 g/mol. The summed E-state index contributed by atoms with van der Waals surface area (Å²) in [5.74, 6) is 1.15. The zero-order chi connectivity index (χ0) is 25.9. The average Bonchev–Trinajstić information content (AvgIpc) is 3.56. The van der Waals surface area contributed by atoms with Gasteiger partial charge in [0.2, 0.25) is 11.7 Å². The number of fused-ring (bicyclic) bond motifs is 1. The highest BCUT2D eigenvalue weighted by Gasteiger charge is 2.30. The van der Waals surface area contributed by atoms with E-state index in [1.807, 2.05) is 29.4 Å². The number of aromatic nitrogens is 3. The molecule has 1 amide bonds. The van der Waals surface area contributed by atoms with Gasteiger partial charge in [0.15, 0.2) is 11.5 Å². The van der Waals surface area contributed by atoms with Crippen LogP contribution in [0.4, 0.5) is 4.39 Å². The van der Waals surface area contributed by atoms with Crippen LogP contribution >= 0.6 is 0 Å². The Bertz CT molecular complexity index is 1450.